The van der Waals surface area contributed by atoms with Crippen molar-refractivity contribution in [1.82, 2.24) is 19.9 Å². The molecule has 1 aromatic carbocycles. The van der Waals surface area contributed by atoms with Gasteiger partial charge in [-0.25, -0.2) is 4.68 Å². The Morgan fingerprint density at radius 1 is 1.28 bits per heavy atom. The van der Waals surface area contributed by atoms with Crippen LogP contribution in [0.15, 0.2) is 36.5 Å². The van der Waals surface area contributed by atoms with Crippen molar-refractivity contribution in [2.45, 2.75) is 12.5 Å². The molecule has 0 saturated carbocycles. The first kappa shape index (κ1) is 12.7. The summed E-state index contributed by atoms with van der Waals surface area (Å²) in [5.41, 5.74) is 1.64. The third-order valence-electron chi connectivity index (χ3n) is 2.77. The van der Waals surface area contributed by atoms with E-state index in [9.17, 15) is 5.11 Å². The van der Waals surface area contributed by atoms with Crippen molar-refractivity contribution in [2.75, 3.05) is 20.6 Å². The third-order valence-corrected chi connectivity index (χ3v) is 2.77. The van der Waals surface area contributed by atoms with Crippen LogP contribution >= 0.6 is 0 Å². The predicted molar refractivity (Wildman–Crippen MR) is 69.5 cm³/mol. The lowest BCUT2D eigenvalue weighted by Crippen LogP contribution is -2.17. The number of hydrogen-bond acceptors (Lipinski definition) is 4. The first-order chi connectivity index (χ1) is 8.68. The van der Waals surface area contributed by atoms with Crippen molar-refractivity contribution < 1.29 is 5.11 Å². The highest BCUT2D eigenvalue weighted by atomic mass is 16.3. The van der Waals surface area contributed by atoms with Gasteiger partial charge in [0.2, 0.25) is 0 Å². The highest BCUT2D eigenvalue weighted by molar-refractivity contribution is 5.31. The van der Waals surface area contributed by atoms with Gasteiger partial charge in [0.1, 0.15) is 0 Å². The molecule has 1 aromatic heterocycles. The molecule has 18 heavy (non-hydrogen) atoms. The second kappa shape index (κ2) is 5.75. The predicted octanol–water partition coefficient (Wildman–Crippen LogP) is 1.25. The maximum atomic E-state index is 10.2. The van der Waals surface area contributed by atoms with Crippen LogP contribution in [0.3, 0.4) is 0 Å². The molecule has 5 heteroatoms. The molecule has 0 amide bonds. The molecule has 0 fully saturated rings. The van der Waals surface area contributed by atoms with E-state index in [2.05, 4.69) is 10.3 Å². The Morgan fingerprint density at radius 2 is 2.00 bits per heavy atom. The Kier molecular flexibility index (Phi) is 4.07. The highest BCUT2D eigenvalue weighted by Gasteiger charge is 2.15. The molecule has 0 aliphatic rings. The Balaban J connectivity index is 2.17. The molecule has 2 rings (SSSR count). The van der Waals surface area contributed by atoms with Gasteiger partial charge in [0.25, 0.3) is 0 Å². The van der Waals surface area contributed by atoms with Crippen LogP contribution in [-0.4, -0.2) is 45.6 Å². The standard InChI is InChI=1S/C13H18N4O/c1-16(2)9-8-13(18)12-10-14-15-17(12)11-6-4-3-5-7-11/h3-7,10,13,18H,8-9H2,1-2H3. The number of aromatic nitrogens is 3. The minimum absolute atomic E-state index is 0.553. The molecule has 0 aliphatic heterocycles. The fourth-order valence-corrected chi connectivity index (χ4v) is 1.77. The van der Waals surface area contributed by atoms with Gasteiger partial charge >= 0.3 is 0 Å². The van der Waals surface area contributed by atoms with Crippen molar-refractivity contribution in [3.05, 3.63) is 42.2 Å². The van der Waals surface area contributed by atoms with Gasteiger partial charge in [-0.15, -0.1) is 5.10 Å². The third kappa shape index (κ3) is 2.94. The Morgan fingerprint density at radius 3 is 2.67 bits per heavy atom. The normalized spacial score (nSPS) is 12.9. The molecule has 1 N–H and O–H groups in total. The van der Waals surface area contributed by atoms with E-state index in [1.165, 1.54) is 0 Å². The lowest BCUT2D eigenvalue weighted by molar-refractivity contribution is 0.147. The van der Waals surface area contributed by atoms with Gasteiger partial charge in [-0.1, -0.05) is 23.4 Å². The molecule has 5 nitrogen and oxygen atoms in total. The van der Waals surface area contributed by atoms with E-state index in [4.69, 9.17) is 0 Å². The summed E-state index contributed by atoms with van der Waals surface area (Å²) in [6.07, 6.45) is 1.73. The number of rotatable bonds is 5. The number of benzene rings is 1. The number of nitrogens with zero attached hydrogens (tertiary/aromatic N) is 4. The minimum atomic E-state index is -0.553. The van der Waals surface area contributed by atoms with Crippen LogP contribution in [0, 0.1) is 0 Å². The molecule has 2 aromatic rings. The number of para-hydroxylation sites is 1. The van der Waals surface area contributed by atoms with E-state index in [-0.39, 0.29) is 0 Å². The van der Waals surface area contributed by atoms with Crippen LogP contribution in [0.4, 0.5) is 0 Å². The van der Waals surface area contributed by atoms with Crippen LogP contribution in [0.1, 0.15) is 18.2 Å². The lowest BCUT2D eigenvalue weighted by Gasteiger charge is -2.15. The van der Waals surface area contributed by atoms with Crippen LogP contribution in [-0.2, 0) is 0 Å². The summed E-state index contributed by atoms with van der Waals surface area (Å²) in [5.74, 6) is 0. The van der Waals surface area contributed by atoms with Gasteiger partial charge < -0.3 is 10.0 Å². The molecular weight excluding hydrogens is 228 g/mol. The number of hydrogen-bond donors (Lipinski definition) is 1. The summed E-state index contributed by atoms with van der Waals surface area (Å²) in [7, 11) is 3.97. The van der Waals surface area contributed by atoms with Crippen molar-refractivity contribution in [3.8, 4) is 5.69 Å². The fraction of sp³-hybridized carbons (Fsp3) is 0.385. The zero-order valence-corrected chi connectivity index (χ0v) is 10.7. The van der Waals surface area contributed by atoms with Gasteiger partial charge in [0, 0.05) is 6.54 Å². The van der Waals surface area contributed by atoms with E-state index in [1.807, 2.05) is 49.3 Å². The average molecular weight is 246 g/mol. The van der Waals surface area contributed by atoms with Crippen molar-refractivity contribution in [1.29, 1.82) is 0 Å². The van der Waals surface area contributed by atoms with E-state index in [1.54, 1.807) is 10.9 Å². The lowest BCUT2D eigenvalue weighted by atomic mass is 10.2. The second-order valence-electron chi connectivity index (χ2n) is 4.51. The van der Waals surface area contributed by atoms with Crippen LogP contribution in [0.2, 0.25) is 0 Å². The van der Waals surface area contributed by atoms with Crippen LogP contribution in [0.5, 0.6) is 0 Å². The first-order valence-electron chi connectivity index (χ1n) is 5.97. The number of aliphatic hydroxyl groups is 1. The largest absolute Gasteiger partial charge is 0.387 e. The number of aliphatic hydroxyl groups excluding tert-OH is 1. The quantitative estimate of drug-likeness (QED) is 0.862. The van der Waals surface area contributed by atoms with E-state index < -0.39 is 6.10 Å². The van der Waals surface area contributed by atoms with Crippen LogP contribution < -0.4 is 0 Å². The smallest absolute Gasteiger partial charge is 0.0989 e. The molecule has 1 heterocycles. The van der Waals surface area contributed by atoms with Crippen molar-refractivity contribution in [2.24, 2.45) is 0 Å². The molecule has 1 unspecified atom stereocenters. The van der Waals surface area contributed by atoms with Crippen LogP contribution in [0.25, 0.3) is 5.69 Å². The van der Waals surface area contributed by atoms with Gasteiger partial charge in [0.15, 0.2) is 0 Å². The van der Waals surface area contributed by atoms with Gasteiger partial charge in [0.05, 0.1) is 23.7 Å². The second-order valence-corrected chi connectivity index (χ2v) is 4.51. The summed E-state index contributed by atoms with van der Waals surface area (Å²) >= 11 is 0. The zero-order valence-electron chi connectivity index (χ0n) is 10.7. The summed E-state index contributed by atoms with van der Waals surface area (Å²) in [5, 5.41) is 18.1. The van der Waals surface area contributed by atoms with E-state index >= 15 is 0 Å². The van der Waals surface area contributed by atoms with E-state index in [0.717, 1.165) is 17.9 Å². The fourth-order valence-electron chi connectivity index (χ4n) is 1.77. The van der Waals surface area contributed by atoms with Crippen molar-refractivity contribution >= 4 is 0 Å². The topological polar surface area (TPSA) is 54.2 Å². The Hall–Kier alpha value is -1.72. The molecule has 96 valence electrons. The maximum Gasteiger partial charge on any atom is 0.0989 e. The first-order valence-corrected chi connectivity index (χ1v) is 5.97. The van der Waals surface area contributed by atoms with Gasteiger partial charge in [-0.3, -0.25) is 0 Å². The molecular formula is C13H18N4O. The molecule has 1 atom stereocenters. The summed E-state index contributed by atoms with van der Waals surface area (Å²) < 4.78 is 1.68. The average Bonchev–Trinajstić information content (AvgIpc) is 2.86. The van der Waals surface area contributed by atoms with E-state index in [0.29, 0.717) is 6.42 Å². The molecule has 0 saturated heterocycles. The summed E-state index contributed by atoms with van der Waals surface area (Å²) in [6, 6.07) is 9.70. The Labute approximate surface area is 107 Å². The molecule has 0 aliphatic carbocycles. The maximum absolute atomic E-state index is 10.2. The minimum Gasteiger partial charge on any atom is -0.387 e. The summed E-state index contributed by atoms with van der Waals surface area (Å²) in [4.78, 5) is 2.04. The van der Waals surface area contributed by atoms with Gasteiger partial charge in [-0.2, -0.15) is 0 Å². The zero-order chi connectivity index (χ0) is 13.0. The SMILES string of the molecule is CN(C)CCC(O)c1cnnn1-c1ccccc1. The molecule has 0 spiro atoms. The summed E-state index contributed by atoms with van der Waals surface area (Å²) in [6.45, 7) is 0.821. The Bertz CT molecular complexity index is 481. The monoisotopic (exact) mass is 246 g/mol. The molecule has 0 bridgehead atoms. The van der Waals surface area contributed by atoms with Gasteiger partial charge in [-0.05, 0) is 32.6 Å². The highest BCUT2D eigenvalue weighted by Crippen LogP contribution is 2.18. The molecule has 0 radical (unpaired) electrons. The van der Waals surface area contributed by atoms with Crippen molar-refractivity contribution in [3.63, 3.8) is 0 Å².